The number of alkyl carbamates (subject to hydrolysis) is 1. The molecular weight excluding hydrogens is 598 g/mol. The molecule has 2 saturated carbocycles. The highest BCUT2D eigenvalue weighted by atomic mass is 79.9. The van der Waals surface area contributed by atoms with Gasteiger partial charge in [0.1, 0.15) is 21.7 Å². The Kier molecular flexibility index (Phi) is 7.42. The predicted octanol–water partition coefficient (Wildman–Crippen LogP) is 6.09. The largest absolute Gasteiger partial charge is 0.444 e. The number of nitrogens with one attached hydrogen (secondary N) is 2. The van der Waals surface area contributed by atoms with Crippen molar-refractivity contribution >= 4 is 33.6 Å². The molecule has 3 unspecified atom stereocenters. The van der Waals surface area contributed by atoms with E-state index in [1.54, 1.807) is 33.0 Å². The number of fused-ring (bicyclic) bond motifs is 2. The van der Waals surface area contributed by atoms with Crippen molar-refractivity contribution in [2.24, 2.45) is 16.7 Å². The Morgan fingerprint density at radius 1 is 1.20 bits per heavy atom. The summed E-state index contributed by atoms with van der Waals surface area (Å²) in [7, 11) is 0. The molecule has 2 aliphatic rings. The number of anilines is 1. The molecular formula is C29H33BrF2N6O3. The summed E-state index contributed by atoms with van der Waals surface area (Å²) in [5.74, 6) is -1.09. The Balaban J connectivity index is 1.37. The fourth-order valence-electron chi connectivity index (χ4n) is 6.44. The van der Waals surface area contributed by atoms with Gasteiger partial charge in [0.15, 0.2) is 0 Å². The van der Waals surface area contributed by atoms with Crippen LogP contribution in [0.3, 0.4) is 0 Å². The minimum Gasteiger partial charge on any atom is -0.444 e. The number of ether oxygens (including phenoxy) is 1. The maximum absolute atomic E-state index is 14.9. The van der Waals surface area contributed by atoms with E-state index >= 15 is 0 Å². The quantitative estimate of drug-likeness (QED) is 0.319. The second-order valence-corrected chi connectivity index (χ2v) is 13.1. The smallest absolute Gasteiger partial charge is 0.407 e. The van der Waals surface area contributed by atoms with E-state index < -0.39 is 34.9 Å². The lowest BCUT2D eigenvalue weighted by atomic mass is 9.66. The Bertz CT molecular complexity index is 1500. The molecule has 9 nitrogen and oxygen atoms in total. The van der Waals surface area contributed by atoms with Gasteiger partial charge in [-0.3, -0.25) is 4.79 Å². The third-order valence-electron chi connectivity index (χ3n) is 8.53. The highest BCUT2D eigenvalue weighted by Crippen LogP contribution is 2.66. The molecule has 12 heteroatoms. The molecule has 0 aliphatic heterocycles. The van der Waals surface area contributed by atoms with Gasteiger partial charge in [-0.05, 0) is 97.6 Å². The van der Waals surface area contributed by atoms with Crippen molar-refractivity contribution in [2.75, 3.05) is 5.32 Å². The number of hydrogen-bond donors (Lipinski definition) is 2. The fraction of sp³-hybridized carbons (Fsp3) is 0.483. The van der Waals surface area contributed by atoms with Crippen molar-refractivity contribution in [3.8, 4) is 11.3 Å². The van der Waals surface area contributed by atoms with Crippen LogP contribution in [0.4, 0.5) is 19.3 Å². The predicted molar refractivity (Wildman–Crippen MR) is 152 cm³/mol. The maximum atomic E-state index is 14.9. The van der Waals surface area contributed by atoms with E-state index in [0.717, 1.165) is 6.42 Å². The standard InChI is InChI=1S/C29H33BrF2N6O3/c1-27(2,3)41-26(40)34-22-12-17-10-11-29(22,28(17,4)5)25(39)33-18-7-8-20(31)19(13-18)21-15-38(37-36-21)14-16-6-9-23(32)35-24(16)30/h6-9,13,15,17,22H,10-12,14H2,1-5H3,(H,33,39)(H,34,40). The van der Waals surface area contributed by atoms with Crippen molar-refractivity contribution in [3.63, 3.8) is 0 Å². The van der Waals surface area contributed by atoms with Crippen LogP contribution >= 0.6 is 15.9 Å². The Labute approximate surface area is 245 Å². The van der Waals surface area contributed by atoms with Crippen molar-refractivity contribution in [2.45, 2.75) is 72.1 Å². The summed E-state index contributed by atoms with van der Waals surface area (Å²) < 4.78 is 35.6. The van der Waals surface area contributed by atoms with Crippen molar-refractivity contribution in [1.29, 1.82) is 0 Å². The van der Waals surface area contributed by atoms with Gasteiger partial charge in [-0.2, -0.15) is 4.39 Å². The molecule has 218 valence electrons. The Hall–Kier alpha value is -3.41. The number of aromatic nitrogens is 4. The fourth-order valence-corrected chi connectivity index (χ4v) is 6.87. The van der Waals surface area contributed by atoms with Crippen molar-refractivity contribution < 1.29 is 23.1 Å². The number of amides is 2. The Morgan fingerprint density at radius 2 is 1.95 bits per heavy atom. The molecule has 0 spiro atoms. The number of nitrogens with zero attached hydrogens (tertiary/aromatic N) is 4. The minimum absolute atomic E-state index is 0.168. The zero-order valence-electron chi connectivity index (χ0n) is 23.6. The number of pyridine rings is 1. The summed E-state index contributed by atoms with van der Waals surface area (Å²) >= 11 is 3.24. The van der Waals surface area contributed by atoms with Crippen LogP contribution in [0, 0.1) is 28.5 Å². The van der Waals surface area contributed by atoms with E-state index in [-0.39, 0.29) is 35.0 Å². The van der Waals surface area contributed by atoms with Gasteiger partial charge in [0.2, 0.25) is 11.9 Å². The van der Waals surface area contributed by atoms with Gasteiger partial charge >= 0.3 is 6.09 Å². The first kappa shape index (κ1) is 29.1. The molecule has 5 rings (SSSR count). The molecule has 3 atom stereocenters. The second-order valence-electron chi connectivity index (χ2n) is 12.4. The van der Waals surface area contributed by atoms with E-state index in [2.05, 4.69) is 55.7 Å². The summed E-state index contributed by atoms with van der Waals surface area (Å²) in [5.41, 5.74) is -0.369. The normalized spacial score (nSPS) is 22.9. The van der Waals surface area contributed by atoms with E-state index in [9.17, 15) is 18.4 Å². The summed E-state index contributed by atoms with van der Waals surface area (Å²) in [6, 6.07) is 6.73. The van der Waals surface area contributed by atoms with E-state index in [4.69, 9.17) is 4.74 Å². The molecule has 2 fully saturated rings. The molecule has 2 aliphatic carbocycles. The molecule has 41 heavy (non-hydrogen) atoms. The van der Waals surface area contributed by atoms with E-state index in [1.807, 2.05) is 0 Å². The Morgan fingerprint density at radius 3 is 2.63 bits per heavy atom. The zero-order chi connectivity index (χ0) is 29.7. The molecule has 2 N–H and O–H groups in total. The lowest BCUT2D eigenvalue weighted by molar-refractivity contribution is -0.131. The third-order valence-corrected chi connectivity index (χ3v) is 9.22. The minimum atomic E-state index is -0.858. The number of carbonyl (C=O) groups is 2. The van der Waals surface area contributed by atoms with Crippen LogP contribution in [0.25, 0.3) is 11.3 Å². The zero-order valence-corrected chi connectivity index (χ0v) is 25.2. The lowest BCUT2D eigenvalue weighted by Gasteiger charge is -2.41. The van der Waals surface area contributed by atoms with Crippen LogP contribution in [0.15, 0.2) is 41.1 Å². The van der Waals surface area contributed by atoms with Crippen LogP contribution in [0.1, 0.15) is 59.4 Å². The summed E-state index contributed by atoms with van der Waals surface area (Å²) in [6.45, 7) is 9.77. The number of rotatable bonds is 6. The van der Waals surface area contributed by atoms with Gasteiger partial charge in [0.25, 0.3) is 0 Å². The van der Waals surface area contributed by atoms with Crippen LogP contribution < -0.4 is 10.6 Å². The van der Waals surface area contributed by atoms with Gasteiger partial charge in [0.05, 0.1) is 18.2 Å². The molecule has 0 radical (unpaired) electrons. The second kappa shape index (κ2) is 10.5. The molecule has 3 aromatic rings. The van der Waals surface area contributed by atoms with Crippen molar-refractivity contribution in [3.05, 3.63) is 58.5 Å². The molecule has 2 aromatic heterocycles. The number of benzene rings is 1. The summed E-state index contributed by atoms with van der Waals surface area (Å²) in [5, 5.41) is 14.2. The van der Waals surface area contributed by atoms with Gasteiger partial charge in [-0.15, -0.1) is 5.10 Å². The summed E-state index contributed by atoms with van der Waals surface area (Å²) in [4.78, 5) is 30.4. The van der Waals surface area contributed by atoms with Crippen molar-refractivity contribution in [1.82, 2.24) is 25.3 Å². The van der Waals surface area contributed by atoms with E-state index in [0.29, 0.717) is 28.7 Å². The topological polar surface area (TPSA) is 111 Å². The lowest BCUT2D eigenvalue weighted by Crippen LogP contribution is -2.55. The maximum Gasteiger partial charge on any atom is 0.407 e. The van der Waals surface area contributed by atoms with E-state index in [1.165, 1.54) is 28.9 Å². The molecule has 2 amide bonds. The number of hydrogen-bond acceptors (Lipinski definition) is 6. The summed E-state index contributed by atoms with van der Waals surface area (Å²) in [6.07, 6.45) is 3.20. The highest BCUT2D eigenvalue weighted by molar-refractivity contribution is 9.10. The van der Waals surface area contributed by atoms with Gasteiger partial charge in [0, 0.05) is 22.9 Å². The van der Waals surface area contributed by atoms with Crippen LogP contribution in [0.2, 0.25) is 0 Å². The average molecular weight is 632 g/mol. The monoisotopic (exact) mass is 630 g/mol. The van der Waals surface area contributed by atoms with Crippen LogP contribution in [0.5, 0.6) is 0 Å². The number of carbonyl (C=O) groups excluding carboxylic acids is 2. The first-order chi connectivity index (χ1) is 19.2. The molecule has 2 heterocycles. The van der Waals surface area contributed by atoms with Gasteiger partial charge in [-0.1, -0.05) is 19.1 Å². The average Bonchev–Trinajstić information content (AvgIpc) is 3.49. The van der Waals surface area contributed by atoms with Gasteiger partial charge in [-0.25, -0.2) is 18.9 Å². The molecule has 1 aromatic carbocycles. The van der Waals surface area contributed by atoms with Crippen LogP contribution in [-0.4, -0.2) is 43.6 Å². The SMILES string of the molecule is CC(C)(C)OC(=O)NC1CC2CCC1(C(=O)Nc1ccc(F)c(-c3cn(Cc4ccc(F)nc4Br)nn3)c1)C2(C)C. The van der Waals surface area contributed by atoms with Gasteiger partial charge < -0.3 is 15.4 Å². The molecule has 2 bridgehead atoms. The third kappa shape index (κ3) is 5.45. The number of halogens is 3. The first-order valence-electron chi connectivity index (χ1n) is 13.5. The first-order valence-corrected chi connectivity index (χ1v) is 14.3. The molecule has 0 saturated heterocycles. The van der Waals surface area contributed by atoms with Crippen LogP contribution in [-0.2, 0) is 16.1 Å². The highest BCUT2D eigenvalue weighted by Gasteiger charge is 2.68.